The molecule has 3 N–H and O–H groups in total. The third-order valence-corrected chi connectivity index (χ3v) is 3.62. The van der Waals surface area contributed by atoms with Crippen molar-refractivity contribution in [2.45, 2.75) is 78.4 Å². The first-order valence-corrected chi connectivity index (χ1v) is 9.70. The number of aromatic nitrogens is 2. The van der Waals surface area contributed by atoms with E-state index in [0.29, 0.717) is 31.4 Å². The highest BCUT2D eigenvalue weighted by Crippen LogP contribution is 2.10. The molecule has 1 aromatic heterocycles. The quantitative estimate of drug-likeness (QED) is 0.207. The number of nitrogens with zero attached hydrogens (tertiary/aromatic N) is 3. The first-order valence-electron chi connectivity index (χ1n) is 9.70. The van der Waals surface area contributed by atoms with E-state index in [9.17, 15) is 4.79 Å². The van der Waals surface area contributed by atoms with Crippen molar-refractivity contribution in [1.29, 1.82) is 0 Å². The van der Waals surface area contributed by atoms with E-state index in [-0.39, 0.29) is 29.9 Å². The third kappa shape index (κ3) is 11.9. The lowest BCUT2D eigenvalue weighted by Crippen LogP contribution is -2.54. The van der Waals surface area contributed by atoms with Gasteiger partial charge in [0.2, 0.25) is 5.89 Å². The normalized spacial score (nSPS) is 12.4. The molecular weight excluding hydrogens is 487 g/mol. The molecule has 0 fully saturated rings. The number of guanidine groups is 1. The summed E-state index contributed by atoms with van der Waals surface area (Å²) in [6.07, 6.45) is 1.10. The van der Waals surface area contributed by atoms with E-state index >= 15 is 0 Å². The SMILES string of the molecule is CN=C(NCCCc1nc(C(C)C)no1)NCC(C)(C)NC(=O)OC(C)(C)C.I. The number of alkyl carbamates (subject to hydrolysis) is 1. The summed E-state index contributed by atoms with van der Waals surface area (Å²) >= 11 is 0. The van der Waals surface area contributed by atoms with E-state index in [2.05, 4.69) is 31.1 Å². The van der Waals surface area contributed by atoms with Gasteiger partial charge >= 0.3 is 6.09 Å². The molecule has 168 valence electrons. The summed E-state index contributed by atoms with van der Waals surface area (Å²) in [5, 5.41) is 13.3. The fourth-order valence-corrected chi connectivity index (χ4v) is 2.20. The van der Waals surface area contributed by atoms with Crippen LogP contribution in [0.4, 0.5) is 4.79 Å². The molecule has 0 aliphatic heterocycles. The number of carbonyl (C=O) groups is 1. The van der Waals surface area contributed by atoms with Crippen LogP contribution >= 0.6 is 24.0 Å². The van der Waals surface area contributed by atoms with Crippen LogP contribution in [0.5, 0.6) is 0 Å². The number of nitrogens with one attached hydrogen (secondary N) is 3. The maximum absolute atomic E-state index is 12.0. The molecule has 10 heteroatoms. The fraction of sp³-hybridized carbons (Fsp3) is 0.789. The van der Waals surface area contributed by atoms with Crippen LogP contribution in [0, 0.1) is 0 Å². The first kappa shape index (κ1) is 27.4. The smallest absolute Gasteiger partial charge is 0.408 e. The Morgan fingerprint density at radius 2 is 1.86 bits per heavy atom. The van der Waals surface area contributed by atoms with E-state index in [1.807, 2.05) is 48.5 Å². The van der Waals surface area contributed by atoms with Crippen LogP contribution < -0.4 is 16.0 Å². The van der Waals surface area contributed by atoms with E-state index in [1.165, 1.54) is 0 Å². The van der Waals surface area contributed by atoms with Gasteiger partial charge in [-0.2, -0.15) is 4.98 Å². The fourth-order valence-electron chi connectivity index (χ4n) is 2.20. The van der Waals surface area contributed by atoms with E-state index in [4.69, 9.17) is 9.26 Å². The summed E-state index contributed by atoms with van der Waals surface area (Å²) in [4.78, 5) is 20.5. The van der Waals surface area contributed by atoms with Crippen LogP contribution in [-0.4, -0.2) is 53.5 Å². The average molecular weight is 524 g/mol. The lowest BCUT2D eigenvalue weighted by molar-refractivity contribution is 0.0474. The van der Waals surface area contributed by atoms with Crippen molar-refractivity contribution in [3.8, 4) is 0 Å². The largest absolute Gasteiger partial charge is 0.444 e. The minimum absolute atomic E-state index is 0. The summed E-state index contributed by atoms with van der Waals surface area (Å²) in [5.74, 6) is 2.31. The van der Waals surface area contributed by atoms with Gasteiger partial charge in [-0.05, 0) is 41.0 Å². The van der Waals surface area contributed by atoms with Crippen LogP contribution in [0.2, 0.25) is 0 Å². The van der Waals surface area contributed by atoms with E-state index in [0.717, 1.165) is 12.2 Å². The highest BCUT2D eigenvalue weighted by Gasteiger charge is 2.24. The Balaban J connectivity index is 0.00000784. The van der Waals surface area contributed by atoms with Crippen molar-refractivity contribution < 1.29 is 14.1 Å². The number of carbonyl (C=O) groups excluding carboxylic acids is 1. The lowest BCUT2D eigenvalue weighted by atomic mass is 10.1. The van der Waals surface area contributed by atoms with E-state index in [1.54, 1.807) is 7.05 Å². The summed E-state index contributed by atoms with van der Waals surface area (Å²) in [6, 6.07) is 0. The molecule has 0 bridgehead atoms. The molecular formula is C19H37IN6O3. The van der Waals surface area contributed by atoms with Crippen molar-refractivity contribution in [3.63, 3.8) is 0 Å². The molecule has 0 saturated carbocycles. The molecule has 0 aromatic carbocycles. The highest BCUT2D eigenvalue weighted by molar-refractivity contribution is 14.0. The molecule has 0 aliphatic carbocycles. The maximum atomic E-state index is 12.0. The van der Waals surface area contributed by atoms with Gasteiger partial charge in [-0.15, -0.1) is 24.0 Å². The number of hydrogen-bond donors (Lipinski definition) is 3. The van der Waals surface area contributed by atoms with Crippen molar-refractivity contribution in [1.82, 2.24) is 26.1 Å². The van der Waals surface area contributed by atoms with Gasteiger partial charge in [0.1, 0.15) is 5.60 Å². The Kier molecular flexibility index (Phi) is 11.5. The highest BCUT2D eigenvalue weighted by atomic mass is 127. The molecule has 0 spiro atoms. The Bertz CT molecular complexity index is 653. The van der Waals surface area contributed by atoms with Gasteiger partial charge in [0.15, 0.2) is 11.8 Å². The molecule has 29 heavy (non-hydrogen) atoms. The maximum Gasteiger partial charge on any atom is 0.408 e. The predicted molar refractivity (Wildman–Crippen MR) is 125 cm³/mol. The average Bonchev–Trinajstić information content (AvgIpc) is 3.01. The van der Waals surface area contributed by atoms with Crippen molar-refractivity contribution >= 4 is 36.0 Å². The Morgan fingerprint density at radius 3 is 2.38 bits per heavy atom. The second-order valence-corrected chi connectivity index (χ2v) is 8.67. The van der Waals surface area contributed by atoms with Crippen molar-refractivity contribution in [2.75, 3.05) is 20.1 Å². The predicted octanol–water partition coefficient (Wildman–Crippen LogP) is 3.21. The van der Waals surface area contributed by atoms with Crippen molar-refractivity contribution in [2.24, 2.45) is 4.99 Å². The van der Waals surface area contributed by atoms with Gasteiger partial charge in [-0.3, -0.25) is 4.99 Å². The molecule has 0 radical (unpaired) electrons. The van der Waals surface area contributed by atoms with Crippen molar-refractivity contribution in [3.05, 3.63) is 11.7 Å². The van der Waals surface area contributed by atoms with Gasteiger partial charge in [0.05, 0.1) is 5.54 Å². The number of aryl methyl sites for hydroxylation is 1. The molecule has 1 aromatic rings. The Hall–Kier alpha value is -1.59. The number of halogens is 1. The summed E-state index contributed by atoms with van der Waals surface area (Å²) in [7, 11) is 1.70. The number of aliphatic imine (C=N–C) groups is 1. The van der Waals surface area contributed by atoms with E-state index < -0.39 is 17.2 Å². The number of amides is 1. The molecule has 0 aliphatic rings. The molecule has 1 heterocycles. The van der Waals surface area contributed by atoms with Crippen LogP contribution in [0.25, 0.3) is 0 Å². The van der Waals surface area contributed by atoms with Crippen LogP contribution in [0.15, 0.2) is 9.52 Å². The summed E-state index contributed by atoms with van der Waals surface area (Å²) in [5.41, 5.74) is -1.03. The molecule has 9 nitrogen and oxygen atoms in total. The minimum atomic E-state index is -0.528. The van der Waals surface area contributed by atoms with Gasteiger partial charge in [-0.25, -0.2) is 4.79 Å². The zero-order valence-corrected chi connectivity index (χ0v) is 21.2. The number of rotatable bonds is 8. The Morgan fingerprint density at radius 1 is 1.21 bits per heavy atom. The number of ether oxygens (including phenoxy) is 1. The number of hydrogen-bond acceptors (Lipinski definition) is 6. The monoisotopic (exact) mass is 524 g/mol. The van der Waals surface area contributed by atoms with Crippen LogP contribution in [-0.2, 0) is 11.2 Å². The van der Waals surface area contributed by atoms with Gasteiger partial charge in [0.25, 0.3) is 0 Å². The standard InChI is InChI=1S/C19H36N6O3.HI/c1-13(2)15-23-14(28-25-15)10-9-11-21-16(20-8)22-12-19(6,7)24-17(26)27-18(3,4)5;/h13H,9-12H2,1-8H3,(H,24,26)(H2,20,21,22);1H. The molecule has 1 amide bonds. The molecule has 1 rings (SSSR count). The molecule has 0 atom stereocenters. The first-order chi connectivity index (χ1) is 12.9. The second kappa shape index (κ2) is 12.2. The molecule has 0 unspecified atom stereocenters. The van der Waals surface area contributed by atoms with Gasteiger partial charge in [0, 0.05) is 32.5 Å². The summed E-state index contributed by atoms with van der Waals surface area (Å²) in [6.45, 7) is 14.6. The van der Waals surface area contributed by atoms with Crippen LogP contribution in [0.1, 0.15) is 72.5 Å². The minimum Gasteiger partial charge on any atom is -0.444 e. The van der Waals surface area contributed by atoms with Gasteiger partial charge < -0.3 is 25.2 Å². The van der Waals surface area contributed by atoms with Gasteiger partial charge in [-0.1, -0.05) is 19.0 Å². The second-order valence-electron chi connectivity index (χ2n) is 8.67. The molecule has 0 saturated heterocycles. The van der Waals surface area contributed by atoms with Crippen LogP contribution in [0.3, 0.4) is 0 Å². The summed E-state index contributed by atoms with van der Waals surface area (Å²) < 4.78 is 10.5. The zero-order chi connectivity index (χ0) is 21.4. The zero-order valence-electron chi connectivity index (χ0n) is 18.9. The topological polar surface area (TPSA) is 114 Å². The lowest BCUT2D eigenvalue weighted by Gasteiger charge is -2.29. The Labute approximate surface area is 191 Å². The third-order valence-electron chi connectivity index (χ3n) is 3.62.